The predicted molar refractivity (Wildman–Crippen MR) is 88.1 cm³/mol. The number of urea groups is 1. The average Bonchev–Trinajstić information content (AvgIpc) is 2.47. The zero-order valence-electron chi connectivity index (χ0n) is 12.0. The van der Waals surface area contributed by atoms with E-state index in [0.29, 0.717) is 22.9 Å². The van der Waals surface area contributed by atoms with Crippen molar-refractivity contribution in [3.8, 4) is 0 Å². The largest absolute Gasteiger partial charge is 0.334 e. The molecule has 0 saturated carbocycles. The molecule has 0 aliphatic rings. The molecule has 0 aromatic heterocycles. The van der Waals surface area contributed by atoms with Crippen LogP contribution < -0.4 is 16.0 Å². The van der Waals surface area contributed by atoms with Crippen LogP contribution in [0, 0.1) is 0 Å². The van der Waals surface area contributed by atoms with Crippen molar-refractivity contribution in [2.75, 3.05) is 10.6 Å². The standard InChI is InChI=1S/C16H16ClN3O2/c1-11(21)19-14-5-7-15(8-6-14)20-16(22)18-10-12-3-2-4-13(17)9-12/h2-9H,10H2,1H3,(H,19,21)(H2,18,20,22). The summed E-state index contributed by atoms with van der Waals surface area (Å²) < 4.78 is 0. The number of carbonyl (C=O) groups excluding carboxylic acids is 2. The van der Waals surface area contributed by atoms with Crippen molar-refractivity contribution in [3.63, 3.8) is 0 Å². The first-order valence-electron chi connectivity index (χ1n) is 6.70. The van der Waals surface area contributed by atoms with Crippen LogP contribution in [-0.4, -0.2) is 11.9 Å². The zero-order chi connectivity index (χ0) is 15.9. The molecule has 0 spiro atoms. The minimum atomic E-state index is -0.313. The van der Waals surface area contributed by atoms with Crippen LogP contribution in [-0.2, 0) is 11.3 Å². The third-order valence-corrected chi connectivity index (χ3v) is 3.04. The second-order valence-electron chi connectivity index (χ2n) is 4.70. The summed E-state index contributed by atoms with van der Waals surface area (Å²) in [5.74, 6) is -0.139. The molecule has 0 fully saturated rings. The van der Waals surface area contributed by atoms with Crippen molar-refractivity contribution in [2.45, 2.75) is 13.5 Å². The Bertz CT molecular complexity index is 671. The Labute approximate surface area is 133 Å². The lowest BCUT2D eigenvalue weighted by Gasteiger charge is -2.09. The highest BCUT2D eigenvalue weighted by atomic mass is 35.5. The van der Waals surface area contributed by atoms with Crippen molar-refractivity contribution >= 4 is 34.9 Å². The summed E-state index contributed by atoms with van der Waals surface area (Å²) in [4.78, 5) is 22.7. The highest BCUT2D eigenvalue weighted by Crippen LogP contribution is 2.13. The third-order valence-electron chi connectivity index (χ3n) is 2.81. The molecule has 114 valence electrons. The van der Waals surface area contributed by atoms with Crippen LogP contribution in [0.25, 0.3) is 0 Å². The van der Waals surface area contributed by atoms with E-state index in [-0.39, 0.29) is 11.9 Å². The van der Waals surface area contributed by atoms with E-state index in [1.165, 1.54) is 6.92 Å². The van der Waals surface area contributed by atoms with Gasteiger partial charge in [0, 0.05) is 29.9 Å². The monoisotopic (exact) mass is 317 g/mol. The number of anilines is 2. The Morgan fingerprint density at radius 3 is 2.23 bits per heavy atom. The Balaban J connectivity index is 1.85. The van der Waals surface area contributed by atoms with Crippen molar-refractivity contribution in [2.24, 2.45) is 0 Å². The molecule has 6 heteroatoms. The fraction of sp³-hybridized carbons (Fsp3) is 0.125. The van der Waals surface area contributed by atoms with Crippen LogP contribution in [0.15, 0.2) is 48.5 Å². The van der Waals surface area contributed by atoms with E-state index in [1.807, 2.05) is 12.1 Å². The predicted octanol–water partition coefficient (Wildman–Crippen LogP) is 3.62. The molecule has 0 aliphatic heterocycles. The lowest BCUT2D eigenvalue weighted by molar-refractivity contribution is -0.114. The van der Waals surface area contributed by atoms with E-state index < -0.39 is 0 Å². The number of halogens is 1. The fourth-order valence-corrected chi connectivity index (χ4v) is 2.06. The van der Waals surface area contributed by atoms with Crippen molar-refractivity contribution in [3.05, 3.63) is 59.1 Å². The summed E-state index contributed by atoms with van der Waals surface area (Å²) in [6, 6.07) is 13.8. The number of nitrogens with one attached hydrogen (secondary N) is 3. The molecule has 3 amide bonds. The second kappa shape index (κ2) is 7.47. The lowest BCUT2D eigenvalue weighted by atomic mass is 10.2. The summed E-state index contributed by atoms with van der Waals surface area (Å²) in [6.07, 6.45) is 0. The van der Waals surface area contributed by atoms with Crippen LogP contribution >= 0.6 is 11.6 Å². The Hall–Kier alpha value is -2.53. The van der Waals surface area contributed by atoms with Crippen LogP contribution in [0.3, 0.4) is 0 Å². The first-order chi connectivity index (χ1) is 10.5. The van der Waals surface area contributed by atoms with Gasteiger partial charge in [-0.15, -0.1) is 0 Å². The summed E-state index contributed by atoms with van der Waals surface area (Å²) >= 11 is 5.88. The van der Waals surface area contributed by atoms with E-state index in [2.05, 4.69) is 16.0 Å². The number of amides is 3. The molecule has 0 atom stereocenters. The number of hydrogen-bond acceptors (Lipinski definition) is 2. The van der Waals surface area contributed by atoms with Gasteiger partial charge in [-0.25, -0.2) is 4.79 Å². The SMILES string of the molecule is CC(=O)Nc1ccc(NC(=O)NCc2cccc(Cl)c2)cc1. The molecule has 0 heterocycles. The average molecular weight is 318 g/mol. The summed E-state index contributed by atoms with van der Waals surface area (Å²) in [6.45, 7) is 1.83. The molecule has 0 unspecified atom stereocenters. The molecule has 5 nitrogen and oxygen atoms in total. The number of rotatable bonds is 4. The molecular formula is C16H16ClN3O2. The maximum absolute atomic E-state index is 11.8. The van der Waals surface area contributed by atoms with Crippen molar-refractivity contribution < 1.29 is 9.59 Å². The zero-order valence-corrected chi connectivity index (χ0v) is 12.8. The van der Waals surface area contributed by atoms with E-state index in [4.69, 9.17) is 11.6 Å². The second-order valence-corrected chi connectivity index (χ2v) is 5.13. The number of benzene rings is 2. The van der Waals surface area contributed by atoms with Crippen molar-refractivity contribution in [1.29, 1.82) is 0 Å². The normalized spacial score (nSPS) is 9.91. The molecule has 0 aliphatic carbocycles. The summed E-state index contributed by atoms with van der Waals surface area (Å²) in [5.41, 5.74) is 2.23. The molecule has 3 N–H and O–H groups in total. The molecule has 22 heavy (non-hydrogen) atoms. The first-order valence-corrected chi connectivity index (χ1v) is 7.08. The summed E-state index contributed by atoms with van der Waals surface area (Å²) in [5, 5.41) is 8.74. The molecular weight excluding hydrogens is 302 g/mol. The quantitative estimate of drug-likeness (QED) is 0.806. The molecule has 0 radical (unpaired) electrons. The van der Waals surface area contributed by atoms with E-state index in [0.717, 1.165) is 5.56 Å². The van der Waals surface area contributed by atoms with Gasteiger partial charge in [0.05, 0.1) is 0 Å². The highest BCUT2D eigenvalue weighted by molar-refractivity contribution is 6.30. The van der Waals surface area contributed by atoms with Gasteiger partial charge in [0.25, 0.3) is 0 Å². The minimum Gasteiger partial charge on any atom is -0.334 e. The smallest absolute Gasteiger partial charge is 0.319 e. The van der Waals surface area contributed by atoms with Gasteiger partial charge < -0.3 is 16.0 Å². The Kier molecular flexibility index (Phi) is 5.38. The summed E-state index contributed by atoms with van der Waals surface area (Å²) in [7, 11) is 0. The van der Waals surface area contributed by atoms with Gasteiger partial charge in [0.15, 0.2) is 0 Å². The van der Waals surface area contributed by atoms with Crippen LogP contribution in [0.2, 0.25) is 5.02 Å². The van der Waals surface area contributed by atoms with Gasteiger partial charge in [-0.05, 0) is 42.0 Å². The van der Waals surface area contributed by atoms with E-state index >= 15 is 0 Å². The number of hydrogen-bond donors (Lipinski definition) is 3. The van der Waals surface area contributed by atoms with Crippen LogP contribution in [0.1, 0.15) is 12.5 Å². The van der Waals surface area contributed by atoms with Gasteiger partial charge in [-0.2, -0.15) is 0 Å². The Morgan fingerprint density at radius 2 is 1.64 bits per heavy atom. The number of carbonyl (C=O) groups is 2. The molecule has 0 saturated heterocycles. The van der Waals surface area contributed by atoms with Gasteiger partial charge in [-0.3, -0.25) is 4.79 Å². The molecule has 2 aromatic carbocycles. The van der Waals surface area contributed by atoms with Gasteiger partial charge in [-0.1, -0.05) is 23.7 Å². The third kappa shape index (κ3) is 5.10. The molecule has 2 aromatic rings. The van der Waals surface area contributed by atoms with E-state index in [1.54, 1.807) is 36.4 Å². The maximum atomic E-state index is 11.8. The fourth-order valence-electron chi connectivity index (χ4n) is 1.84. The van der Waals surface area contributed by atoms with E-state index in [9.17, 15) is 9.59 Å². The maximum Gasteiger partial charge on any atom is 0.319 e. The Morgan fingerprint density at radius 1 is 1.00 bits per heavy atom. The first kappa shape index (κ1) is 15.9. The van der Waals surface area contributed by atoms with Gasteiger partial charge in [0.2, 0.25) is 5.91 Å². The highest BCUT2D eigenvalue weighted by Gasteiger charge is 2.03. The minimum absolute atomic E-state index is 0.139. The molecule has 2 rings (SSSR count). The van der Waals surface area contributed by atoms with Gasteiger partial charge in [0.1, 0.15) is 0 Å². The topological polar surface area (TPSA) is 70.2 Å². The lowest BCUT2D eigenvalue weighted by Crippen LogP contribution is -2.28. The van der Waals surface area contributed by atoms with Gasteiger partial charge >= 0.3 is 6.03 Å². The van der Waals surface area contributed by atoms with Crippen LogP contribution in [0.5, 0.6) is 0 Å². The van der Waals surface area contributed by atoms with Crippen molar-refractivity contribution in [1.82, 2.24) is 5.32 Å². The van der Waals surface area contributed by atoms with Crippen LogP contribution in [0.4, 0.5) is 16.2 Å². The molecule has 0 bridgehead atoms.